The van der Waals surface area contributed by atoms with Crippen LogP contribution in [0.15, 0.2) is 12.7 Å². The van der Waals surface area contributed by atoms with Crippen molar-refractivity contribution in [2.45, 2.75) is 19.4 Å². The van der Waals surface area contributed by atoms with Crippen LogP contribution in [0.2, 0.25) is 0 Å². The molecule has 1 saturated heterocycles. The lowest BCUT2D eigenvalue weighted by Crippen LogP contribution is -2.42. The quantitative estimate of drug-likeness (QED) is 0.536. The monoisotopic (exact) mass is 211 g/mol. The summed E-state index contributed by atoms with van der Waals surface area (Å²) in [7, 11) is 2.21. The fraction of sp³-hybridized carbons (Fsp3) is 0.833. The zero-order valence-electron chi connectivity index (χ0n) is 10.2. The molecule has 0 saturated carbocycles. The number of nitrogens with zero attached hydrogens (tertiary/aromatic N) is 2. The van der Waals surface area contributed by atoms with E-state index in [-0.39, 0.29) is 0 Å². The summed E-state index contributed by atoms with van der Waals surface area (Å²) in [4.78, 5) is 5.00. The van der Waals surface area contributed by atoms with Crippen LogP contribution in [-0.2, 0) is 0 Å². The van der Waals surface area contributed by atoms with Crippen LogP contribution in [0.1, 0.15) is 13.3 Å². The van der Waals surface area contributed by atoms with Crippen molar-refractivity contribution in [1.29, 1.82) is 0 Å². The topological polar surface area (TPSA) is 18.5 Å². The highest BCUT2D eigenvalue weighted by atomic mass is 15.2. The fourth-order valence-electron chi connectivity index (χ4n) is 2.03. The van der Waals surface area contributed by atoms with E-state index in [0.29, 0.717) is 6.04 Å². The van der Waals surface area contributed by atoms with E-state index in [4.69, 9.17) is 0 Å². The standard InChI is InChI=1S/C12H25N3/c1-4-6-13-11-12(2)15-8-5-7-14(3)9-10-15/h4,12-13H,1,5-11H2,2-3H3. The van der Waals surface area contributed by atoms with Gasteiger partial charge in [-0.1, -0.05) is 6.08 Å². The summed E-state index contributed by atoms with van der Waals surface area (Å²) < 4.78 is 0. The highest BCUT2D eigenvalue weighted by molar-refractivity contribution is 4.76. The third-order valence-electron chi connectivity index (χ3n) is 3.11. The zero-order chi connectivity index (χ0) is 11.1. The number of hydrogen-bond donors (Lipinski definition) is 1. The molecule has 1 unspecified atom stereocenters. The van der Waals surface area contributed by atoms with Gasteiger partial charge in [0.15, 0.2) is 0 Å². The van der Waals surface area contributed by atoms with Gasteiger partial charge >= 0.3 is 0 Å². The number of rotatable bonds is 5. The molecule has 1 N–H and O–H groups in total. The molecule has 1 fully saturated rings. The average Bonchev–Trinajstić information content (AvgIpc) is 2.43. The minimum atomic E-state index is 0.636. The summed E-state index contributed by atoms with van der Waals surface area (Å²) in [6, 6.07) is 0.636. The molecular formula is C12H25N3. The second kappa shape index (κ2) is 6.99. The van der Waals surface area contributed by atoms with Gasteiger partial charge in [0.05, 0.1) is 0 Å². The molecule has 3 nitrogen and oxygen atoms in total. The Morgan fingerprint density at radius 3 is 2.87 bits per heavy atom. The first-order valence-corrected chi connectivity index (χ1v) is 5.98. The maximum atomic E-state index is 3.71. The smallest absolute Gasteiger partial charge is 0.0193 e. The van der Waals surface area contributed by atoms with Gasteiger partial charge in [0, 0.05) is 32.2 Å². The molecule has 1 rings (SSSR count). The number of nitrogens with one attached hydrogen (secondary N) is 1. The van der Waals surface area contributed by atoms with Crippen molar-refractivity contribution >= 4 is 0 Å². The SMILES string of the molecule is C=CCNCC(C)N1CCCN(C)CC1. The van der Waals surface area contributed by atoms with Crippen molar-refractivity contribution in [3.05, 3.63) is 12.7 Å². The Labute approximate surface area is 94.1 Å². The van der Waals surface area contributed by atoms with Crippen LogP contribution in [-0.4, -0.2) is 62.2 Å². The van der Waals surface area contributed by atoms with Crippen LogP contribution in [0.4, 0.5) is 0 Å². The maximum absolute atomic E-state index is 3.71. The zero-order valence-corrected chi connectivity index (χ0v) is 10.2. The van der Waals surface area contributed by atoms with Crippen molar-refractivity contribution in [1.82, 2.24) is 15.1 Å². The molecule has 1 atom stereocenters. The summed E-state index contributed by atoms with van der Waals surface area (Å²) in [6.45, 7) is 12.9. The summed E-state index contributed by atoms with van der Waals surface area (Å²) in [5.74, 6) is 0. The van der Waals surface area contributed by atoms with E-state index in [2.05, 4.69) is 35.7 Å². The van der Waals surface area contributed by atoms with E-state index in [1.807, 2.05) is 6.08 Å². The Morgan fingerprint density at radius 2 is 2.13 bits per heavy atom. The second-order valence-electron chi connectivity index (χ2n) is 4.49. The predicted octanol–water partition coefficient (Wildman–Crippen LogP) is 0.788. The Bertz CT molecular complexity index is 182. The van der Waals surface area contributed by atoms with Crippen LogP contribution >= 0.6 is 0 Å². The van der Waals surface area contributed by atoms with Gasteiger partial charge in [-0.2, -0.15) is 0 Å². The maximum Gasteiger partial charge on any atom is 0.0193 e. The van der Waals surface area contributed by atoms with Crippen molar-refractivity contribution < 1.29 is 0 Å². The average molecular weight is 211 g/mol. The summed E-state index contributed by atoms with van der Waals surface area (Å²) in [6.07, 6.45) is 3.21. The number of hydrogen-bond acceptors (Lipinski definition) is 3. The van der Waals surface area contributed by atoms with Gasteiger partial charge < -0.3 is 10.2 Å². The molecule has 0 radical (unpaired) electrons. The minimum absolute atomic E-state index is 0.636. The van der Waals surface area contributed by atoms with Gasteiger partial charge in [-0.15, -0.1) is 6.58 Å². The van der Waals surface area contributed by atoms with Crippen LogP contribution < -0.4 is 5.32 Å². The van der Waals surface area contributed by atoms with Gasteiger partial charge in [0.1, 0.15) is 0 Å². The first-order chi connectivity index (χ1) is 7.24. The molecule has 0 aromatic heterocycles. The van der Waals surface area contributed by atoms with Crippen molar-refractivity contribution in [2.75, 3.05) is 46.3 Å². The van der Waals surface area contributed by atoms with Gasteiger partial charge in [0.25, 0.3) is 0 Å². The van der Waals surface area contributed by atoms with Gasteiger partial charge in [-0.05, 0) is 33.5 Å². The van der Waals surface area contributed by atoms with E-state index >= 15 is 0 Å². The Balaban J connectivity index is 2.24. The van der Waals surface area contributed by atoms with E-state index in [0.717, 1.165) is 13.1 Å². The first-order valence-electron chi connectivity index (χ1n) is 5.98. The first kappa shape index (κ1) is 12.7. The van der Waals surface area contributed by atoms with E-state index in [1.54, 1.807) is 0 Å². The lowest BCUT2D eigenvalue weighted by atomic mass is 10.2. The summed E-state index contributed by atoms with van der Waals surface area (Å²) in [5, 5.41) is 3.39. The molecule has 1 heterocycles. The Morgan fingerprint density at radius 1 is 1.33 bits per heavy atom. The predicted molar refractivity (Wildman–Crippen MR) is 66.2 cm³/mol. The normalized spacial score (nSPS) is 22.3. The van der Waals surface area contributed by atoms with Gasteiger partial charge in [-0.25, -0.2) is 0 Å². The van der Waals surface area contributed by atoms with Crippen molar-refractivity contribution in [3.8, 4) is 0 Å². The molecule has 15 heavy (non-hydrogen) atoms. The minimum Gasteiger partial charge on any atom is -0.312 e. The van der Waals surface area contributed by atoms with Crippen molar-refractivity contribution in [3.63, 3.8) is 0 Å². The highest BCUT2D eigenvalue weighted by Gasteiger charge is 2.16. The molecule has 1 aliphatic heterocycles. The van der Waals surface area contributed by atoms with E-state index < -0.39 is 0 Å². The van der Waals surface area contributed by atoms with Crippen molar-refractivity contribution in [2.24, 2.45) is 0 Å². The highest BCUT2D eigenvalue weighted by Crippen LogP contribution is 2.05. The summed E-state index contributed by atoms with van der Waals surface area (Å²) in [5.41, 5.74) is 0. The molecule has 0 bridgehead atoms. The third kappa shape index (κ3) is 4.78. The van der Waals surface area contributed by atoms with Gasteiger partial charge in [0.2, 0.25) is 0 Å². The van der Waals surface area contributed by atoms with Crippen LogP contribution in [0, 0.1) is 0 Å². The number of likely N-dealkylation sites (N-methyl/N-ethyl adjacent to an activating group) is 1. The fourth-order valence-corrected chi connectivity index (χ4v) is 2.03. The van der Waals surface area contributed by atoms with Gasteiger partial charge in [-0.3, -0.25) is 4.90 Å². The van der Waals surface area contributed by atoms with Crippen LogP contribution in [0.5, 0.6) is 0 Å². The van der Waals surface area contributed by atoms with E-state index in [9.17, 15) is 0 Å². The molecule has 0 aromatic rings. The molecule has 88 valence electrons. The molecule has 1 aliphatic rings. The molecule has 0 aromatic carbocycles. The second-order valence-corrected chi connectivity index (χ2v) is 4.49. The largest absolute Gasteiger partial charge is 0.312 e. The molecule has 0 aliphatic carbocycles. The molecule has 0 spiro atoms. The Kier molecular flexibility index (Phi) is 5.91. The lowest BCUT2D eigenvalue weighted by molar-refractivity contribution is 0.211. The molecule has 3 heteroatoms. The Hall–Kier alpha value is -0.380. The lowest BCUT2D eigenvalue weighted by Gasteiger charge is -2.27. The van der Waals surface area contributed by atoms with Crippen LogP contribution in [0.3, 0.4) is 0 Å². The van der Waals surface area contributed by atoms with Crippen LogP contribution in [0.25, 0.3) is 0 Å². The van der Waals surface area contributed by atoms with E-state index in [1.165, 1.54) is 32.6 Å². The summed E-state index contributed by atoms with van der Waals surface area (Å²) >= 11 is 0. The molecule has 0 amide bonds. The third-order valence-corrected chi connectivity index (χ3v) is 3.11. The molecular weight excluding hydrogens is 186 g/mol.